The first kappa shape index (κ1) is 19.0. The zero-order chi connectivity index (χ0) is 17.9. The van der Waals surface area contributed by atoms with Gasteiger partial charge in [-0.3, -0.25) is 0 Å². The van der Waals surface area contributed by atoms with Crippen LogP contribution in [-0.2, 0) is 6.54 Å². The maximum Gasteiger partial charge on any atom is 0.191 e. The first-order chi connectivity index (χ1) is 12.3. The Balaban J connectivity index is 2.03. The van der Waals surface area contributed by atoms with E-state index in [9.17, 15) is 0 Å². The summed E-state index contributed by atoms with van der Waals surface area (Å²) in [6.07, 6.45) is 11.7. The predicted molar refractivity (Wildman–Crippen MR) is 102 cm³/mol. The van der Waals surface area contributed by atoms with Crippen molar-refractivity contribution in [2.75, 3.05) is 20.3 Å². The molecule has 1 fully saturated rings. The SMILES string of the molecule is C#CCOc1cc(CN=C(NCC)NC2CCCCC2)ccc1OC. The number of nitrogens with zero attached hydrogens (tertiary/aromatic N) is 1. The van der Waals surface area contributed by atoms with Crippen molar-refractivity contribution in [2.24, 2.45) is 4.99 Å². The van der Waals surface area contributed by atoms with Gasteiger partial charge in [0, 0.05) is 12.6 Å². The molecule has 0 radical (unpaired) electrons. The molecule has 0 aromatic heterocycles. The van der Waals surface area contributed by atoms with Gasteiger partial charge >= 0.3 is 0 Å². The summed E-state index contributed by atoms with van der Waals surface area (Å²) in [4.78, 5) is 4.71. The van der Waals surface area contributed by atoms with E-state index < -0.39 is 0 Å². The van der Waals surface area contributed by atoms with E-state index in [0.29, 0.717) is 24.1 Å². The van der Waals surface area contributed by atoms with Crippen LogP contribution >= 0.6 is 0 Å². The van der Waals surface area contributed by atoms with E-state index in [4.69, 9.17) is 20.9 Å². The molecule has 1 aromatic carbocycles. The van der Waals surface area contributed by atoms with Gasteiger partial charge in [0.2, 0.25) is 0 Å². The highest BCUT2D eigenvalue weighted by atomic mass is 16.5. The highest BCUT2D eigenvalue weighted by molar-refractivity contribution is 5.80. The first-order valence-electron chi connectivity index (χ1n) is 9.04. The molecule has 1 aliphatic rings. The maximum atomic E-state index is 5.55. The summed E-state index contributed by atoms with van der Waals surface area (Å²) in [7, 11) is 1.62. The lowest BCUT2D eigenvalue weighted by atomic mass is 9.96. The lowest BCUT2D eigenvalue weighted by molar-refractivity contribution is 0.330. The number of hydrogen-bond donors (Lipinski definition) is 2. The summed E-state index contributed by atoms with van der Waals surface area (Å²) in [5.41, 5.74) is 1.05. The number of aliphatic imine (C=N–C) groups is 1. The zero-order valence-electron chi connectivity index (χ0n) is 15.3. The van der Waals surface area contributed by atoms with Gasteiger partial charge in [-0.2, -0.15) is 0 Å². The molecule has 25 heavy (non-hydrogen) atoms. The second-order valence-corrected chi connectivity index (χ2v) is 6.15. The predicted octanol–water partition coefficient (Wildman–Crippen LogP) is 3.10. The monoisotopic (exact) mass is 343 g/mol. The Morgan fingerprint density at radius 3 is 2.76 bits per heavy atom. The molecule has 1 aliphatic carbocycles. The van der Waals surface area contributed by atoms with Gasteiger partial charge in [-0.25, -0.2) is 4.99 Å². The van der Waals surface area contributed by atoms with Crippen molar-refractivity contribution in [2.45, 2.75) is 51.6 Å². The number of ether oxygens (including phenoxy) is 2. The van der Waals surface area contributed by atoms with Crippen molar-refractivity contribution in [1.82, 2.24) is 10.6 Å². The lowest BCUT2D eigenvalue weighted by Crippen LogP contribution is -2.44. The van der Waals surface area contributed by atoms with E-state index in [-0.39, 0.29) is 6.61 Å². The van der Waals surface area contributed by atoms with E-state index in [2.05, 4.69) is 23.5 Å². The van der Waals surface area contributed by atoms with Gasteiger partial charge in [0.25, 0.3) is 0 Å². The third-order valence-electron chi connectivity index (χ3n) is 4.25. The molecule has 0 amide bonds. The molecular formula is C20H29N3O2. The number of methoxy groups -OCH3 is 1. The number of terminal acetylenes is 1. The summed E-state index contributed by atoms with van der Waals surface area (Å²) >= 11 is 0. The molecule has 0 heterocycles. The Morgan fingerprint density at radius 2 is 2.08 bits per heavy atom. The number of benzene rings is 1. The molecular weight excluding hydrogens is 314 g/mol. The van der Waals surface area contributed by atoms with Crippen molar-refractivity contribution >= 4 is 5.96 Å². The van der Waals surface area contributed by atoms with E-state index in [1.165, 1.54) is 32.1 Å². The molecule has 136 valence electrons. The van der Waals surface area contributed by atoms with Gasteiger partial charge in [0.05, 0.1) is 13.7 Å². The fraction of sp³-hybridized carbons (Fsp3) is 0.550. The van der Waals surface area contributed by atoms with Crippen LogP contribution in [-0.4, -0.2) is 32.3 Å². The molecule has 5 nitrogen and oxygen atoms in total. The van der Waals surface area contributed by atoms with Crippen molar-refractivity contribution < 1.29 is 9.47 Å². The topological polar surface area (TPSA) is 54.9 Å². The number of nitrogens with one attached hydrogen (secondary N) is 2. The molecule has 0 saturated heterocycles. The second kappa shape index (κ2) is 10.5. The highest BCUT2D eigenvalue weighted by Crippen LogP contribution is 2.28. The number of guanidine groups is 1. The third-order valence-corrected chi connectivity index (χ3v) is 4.25. The van der Waals surface area contributed by atoms with Crippen molar-refractivity contribution in [3.8, 4) is 23.8 Å². The molecule has 0 spiro atoms. The standard InChI is InChI=1S/C20H29N3O2/c1-4-13-25-19-14-16(11-12-18(19)24-3)15-22-20(21-5-2)23-17-9-7-6-8-10-17/h1,11-12,14,17H,5-10,13,15H2,2-3H3,(H2,21,22,23). The molecule has 1 saturated carbocycles. The summed E-state index contributed by atoms with van der Waals surface area (Å²) in [6.45, 7) is 3.71. The molecule has 5 heteroatoms. The Hall–Kier alpha value is -2.35. The average Bonchev–Trinajstić information content (AvgIpc) is 2.65. The maximum absolute atomic E-state index is 5.55. The number of rotatable bonds is 7. The van der Waals surface area contributed by atoms with E-state index in [0.717, 1.165) is 18.1 Å². The van der Waals surface area contributed by atoms with Gasteiger partial charge < -0.3 is 20.1 Å². The van der Waals surface area contributed by atoms with Gasteiger partial charge in [0.15, 0.2) is 17.5 Å². The largest absolute Gasteiger partial charge is 0.493 e. The van der Waals surface area contributed by atoms with E-state index >= 15 is 0 Å². The molecule has 0 unspecified atom stereocenters. The summed E-state index contributed by atoms with van der Waals surface area (Å²) in [5.74, 6) is 4.67. The van der Waals surface area contributed by atoms with Crippen molar-refractivity contribution in [1.29, 1.82) is 0 Å². The van der Waals surface area contributed by atoms with Crippen LogP contribution in [0.25, 0.3) is 0 Å². The minimum atomic E-state index is 0.217. The van der Waals surface area contributed by atoms with E-state index in [1.54, 1.807) is 7.11 Å². The zero-order valence-corrected chi connectivity index (χ0v) is 15.3. The highest BCUT2D eigenvalue weighted by Gasteiger charge is 2.14. The summed E-state index contributed by atoms with van der Waals surface area (Å²) in [6, 6.07) is 6.34. The van der Waals surface area contributed by atoms with E-state index in [1.807, 2.05) is 18.2 Å². The van der Waals surface area contributed by atoms with Crippen LogP contribution in [0.2, 0.25) is 0 Å². The first-order valence-corrected chi connectivity index (χ1v) is 9.04. The lowest BCUT2D eigenvalue weighted by Gasteiger charge is -2.24. The van der Waals surface area contributed by atoms with Crippen LogP contribution in [0.4, 0.5) is 0 Å². The van der Waals surface area contributed by atoms with Gasteiger partial charge in [-0.1, -0.05) is 31.2 Å². The molecule has 0 bridgehead atoms. The fourth-order valence-electron chi connectivity index (χ4n) is 2.98. The smallest absolute Gasteiger partial charge is 0.191 e. The molecule has 0 aliphatic heterocycles. The van der Waals surface area contributed by atoms with Gasteiger partial charge in [-0.15, -0.1) is 6.42 Å². The second-order valence-electron chi connectivity index (χ2n) is 6.15. The molecule has 1 aromatic rings. The van der Waals surface area contributed by atoms with Gasteiger partial charge in [0.1, 0.15) is 6.61 Å². The molecule has 2 rings (SSSR count). The normalized spacial score (nSPS) is 15.3. The summed E-state index contributed by atoms with van der Waals surface area (Å²) < 4.78 is 10.9. The summed E-state index contributed by atoms with van der Waals surface area (Å²) in [5, 5.41) is 6.88. The molecule has 2 N–H and O–H groups in total. The Kier molecular flexibility index (Phi) is 7.97. The van der Waals surface area contributed by atoms with Crippen LogP contribution in [0.3, 0.4) is 0 Å². The van der Waals surface area contributed by atoms with Crippen LogP contribution in [0, 0.1) is 12.3 Å². The van der Waals surface area contributed by atoms with Crippen LogP contribution in [0.5, 0.6) is 11.5 Å². The molecule has 0 atom stereocenters. The van der Waals surface area contributed by atoms with Crippen LogP contribution < -0.4 is 20.1 Å². The average molecular weight is 343 g/mol. The Labute approximate surface area is 151 Å². The van der Waals surface area contributed by atoms with Gasteiger partial charge in [-0.05, 0) is 37.5 Å². The number of hydrogen-bond acceptors (Lipinski definition) is 3. The minimum absolute atomic E-state index is 0.217. The fourth-order valence-corrected chi connectivity index (χ4v) is 2.98. The quantitative estimate of drug-likeness (QED) is 0.454. The van der Waals surface area contributed by atoms with Crippen molar-refractivity contribution in [3.63, 3.8) is 0 Å². The van der Waals surface area contributed by atoms with Crippen LogP contribution in [0.15, 0.2) is 23.2 Å². The minimum Gasteiger partial charge on any atom is -0.493 e. The van der Waals surface area contributed by atoms with Crippen LogP contribution in [0.1, 0.15) is 44.6 Å². The Morgan fingerprint density at radius 1 is 1.28 bits per heavy atom. The third kappa shape index (κ3) is 6.22. The Bertz CT molecular complexity index is 601. The van der Waals surface area contributed by atoms with Crippen molar-refractivity contribution in [3.05, 3.63) is 23.8 Å².